The highest BCUT2D eigenvalue weighted by Gasteiger charge is 2.29. The van der Waals surface area contributed by atoms with Gasteiger partial charge < -0.3 is 10.5 Å². The molecule has 0 aliphatic carbocycles. The molecule has 0 saturated carbocycles. The smallest absolute Gasteiger partial charge is 0.216 e. The van der Waals surface area contributed by atoms with Gasteiger partial charge in [0.05, 0.1) is 12.4 Å². The molecule has 7 heteroatoms. The summed E-state index contributed by atoms with van der Waals surface area (Å²) < 4.78 is 30.2. The first-order valence-electron chi connectivity index (χ1n) is 5.69. The molecule has 1 fully saturated rings. The Morgan fingerprint density at radius 1 is 1.53 bits per heavy atom. The molecule has 104 valence electrons. The van der Waals surface area contributed by atoms with E-state index >= 15 is 0 Å². The summed E-state index contributed by atoms with van der Waals surface area (Å²) >= 11 is 0. The van der Waals surface area contributed by atoms with Crippen molar-refractivity contribution >= 4 is 22.4 Å². The van der Waals surface area contributed by atoms with Crippen LogP contribution in [0, 0.1) is 5.92 Å². The molecule has 0 aromatic carbocycles. The van der Waals surface area contributed by atoms with Gasteiger partial charge in [-0.15, -0.1) is 12.4 Å². The maximum Gasteiger partial charge on any atom is 0.216 e. The Morgan fingerprint density at radius 2 is 2.18 bits per heavy atom. The standard InChI is InChI=1S/C10H22N2O3S.ClH/c1-9(11)10-4-3-5-12(8-10)16(13,14)7-6-15-2;/h9-10H,3-8,11H2,1-2H3;1H. The topological polar surface area (TPSA) is 72.6 Å². The van der Waals surface area contributed by atoms with Gasteiger partial charge >= 0.3 is 0 Å². The van der Waals surface area contributed by atoms with Gasteiger partial charge in [0, 0.05) is 26.2 Å². The minimum Gasteiger partial charge on any atom is -0.384 e. The first-order chi connectivity index (χ1) is 7.47. The molecule has 5 nitrogen and oxygen atoms in total. The summed E-state index contributed by atoms with van der Waals surface area (Å²) in [7, 11) is -1.65. The van der Waals surface area contributed by atoms with Gasteiger partial charge in [0.25, 0.3) is 0 Å². The van der Waals surface area contributed by atoms with Crippen molar-refractivity contribution in [2.24, 2.45) is 11.7 Å². The van der Waals surface area contributed by atoms with Gasteiger partial charge in [-0.1, -0.05) is 0 Å². The van der Waals surface area contributed by atoms with E-state index in [4.69, 9.17) is 10.5 Å². The van der Waals surface area contributed by atoms with Crippen LogP contribution in [0.5, 0.6) is 0 Å². The molecule has 1 aliphatic rings. The molecule has 0 amide bonds. The maximum atomic E-state index is 11.9. The number of nitrogens with zero attached hydrogens (tertiary/aromatic N) is 1. The van der Waals surface area contributed by atoms with Crippen LogP contribution in [0.2, 0.25) is 0 Å². The van der Waals surface area contributed by atoms with Crippen molar-refractivity contribution in [3.8, 4) is 0 Å². The Balaban J connectivity index is 0.00000256. The lowest BCUT2D eigenvalue weighted by Crippen LogP contribution is -2.46. The third-order valence-electron chi connectivity index (χ3n) is 3.10. The quantitative estimate of drug-likeness (QED) is 0.796. The zero-order valence-corrected chi connectivity index (χ0v) is 12.1. The molecule has 1 saturated heterocycles. The molecule has 0 aromatic rings. The molecule has 17 heavy (non-hydrogen) atoms. The minimum atomic E-state index is -3.16. The van der Waals surface area contributed by atoms with E-state index in [1.54, 1.807) is 4.31 Å². The van der Waals surface area contributed by atoms with E-state index in [-0.39, 0.29) is 36.7 Å². The lowest BCUT2D eigenvalue weighted by atomic mass is 9.93. The highest BCUT2D eigenvalue weighted by molar-refractivity contribution is 7.89. The van der Waals surface area contributed by atoms with E-state index < -0.39 is 10.0 Å². The van der Waals surface area contributed by atoms with Crippen LogP contribution in [0.15, 0.2) is 0 Å². The van der Waals surface area contributed by atoms with Crippen LogP contribution < -0.4 is 5.73 Å². The molecular formula is C10H23ClN2O3S. The summed E-state index contributed by atoms with van der Waals surface area (Å²) in [6.07, 6.45) is 1.92. The van der Waals surface area contributed by atoms with Gasteiger partial charge in [-0.2, -0.15) is 0 Å². The van der Waals surface area contributed by atoms with Crippen molar-refractivity contribution < 1.29 is 13.2 Å². The fraction of sp³-hybridized carbons (Fsp3) is 1.00. The van der Waals surface area contributed by atoms with E-state index in [0.717, 1.165) is 12.8 Å². The zero-order chi connectivity index (χ0) is 12.2. The second-order valence-corrected chi connectivity index (χ2v) is 6.52. The number of rotatable bonds is 5. The predicted octanol–water partition coefficient (Wildman–Crippen LogP) is 0.444. The van der Waals surface area contributed by atoms with Crippen molar-refractivity contribution in [2.45, 2.75) is 25.8 Å². The van der Waals surface area contributed by atoms with Crippen LogP contribution in [0.25, 0.3) is 0 Å². The van der Waals surface area contributed by atoms with Crippen LogP contribution >= 0.6 is 12.4 Å². The Morgan fingerprint density at radius 3 is 2.71 bits per heavy atom. The molecule has 2 N–H and O–H groups in total. The molecule has 1 aliphatic heterocycles. The van der Waals surface area contributed by atoms with Gasteiger partial charge in [0.2, 0.25) is 10.0 Å². The summed E-state index contributed by atoms with van der Waals surface area (Å²) in [5.74, 6) is 0.348. The number of methoxy groups -OCH3 is 1. The summed E-state index contributed by atoms with van der Waals surface area (Å²) in [6, 6.07) is 0.0559. The first-order valence-corrected chi connectivity index (χ1v) is 7.30. The Kier molecular flexibility index (Phi) is 7.58. The van der Waals surface area contributed by atoms with Crippen molar-refractivity contribution in [1.29, 1.82) is 0 Å². The lowest BCUT2D eigenvalue weighted by molar-refractivity contribution is 0.210. The van der Waals surface area contributed by atoms with E-state index in [2.05, 4.69) is 0 Å². The van der Waals surface area contributed by atoms with Gasteiger partial charge in [-0.3, -0.25) is 0 Å². The van der Waals surface area contributed by atoms with E-state index in [1.165, 1.54) is 7.11 Å². The highest BCUT2D eigenvalue weighted by atomic mass is 35.5. The zero-order valence-electron chi connectivity index (χ0n) is 10.5. The van der Waals surface area contributed by atoms with E-state index in [0.29, 0.717) is 13.1 Å². The fourth-order valence-electron chi connectivity index (χ4n) is 1.97. The number of piperidine rings is 1. The molecule has 2 atom stereocenters. The third kappa shape index (κ3) is 5.09. The number of sulfonamides is 1. The second kappa shape index (κ2) is 7.53. The molecular weight excluding hydrogens is 264 g/mol. The lowest BCUT2D eigenvalue weighted by Gasteiger charge is -2.33. The number of ether oxygens (including phenoxy) is 1. The molecule has 2 unspecified atom stereocenters. The van der Waals surface area contributed by atoms with Crippen LogP contribution in [0.4, 0.5) is 0 Å². The second-order valence-electron chi connectivity index (χ2n) is 4.43. The van der Waals surface area contributed by atoms with Crippen molar-refractivity contribution in [1.82, 2.24) is 4.31 Å². The van der Waals surface area contributed by atoms with Crippen molar-refractivity contribution in [2.75, 3.05) is 32.6 Å². The Hall–Kier alpha value is 0.120. The maximum absolute atomic E-state index is 11.9. The Bertz CT molecular complexity index is 309. The van der Waals surface area contributed by atoms with Crippen LogP contribution in [0.3, 0.4) is 0 Å². The van der Waals surface area contributed by atoms with Gasteiger partial charge in [-0.25, -0.2) is 12.7 Å². The summed E-state index contributed by atoms with van der Waals surface area (Å²) in [5.41, 5.74) is 5.83. The van der Waals surface area contributed by atoms with E-state index in [1.807, 2.05) is 6.92 Å². The van der Waals surface area contributed by atoms with Crippen LogP contribution in [-0.4, -0.2) is 51.3 Å². The average Bonchev–Trinajstić information content (AvgIpc) is 2.26. The normalized spacial score (nSPS) is 24.1. The number of halogens is 1. The van der Waals surface area contributed by atoms with Crippen LogP contribution in [0.1, 0.15) is 19.8 Å². The number of hydrogen-bond acceptors (Lipinski definition) is 4. The largest absolute Gasteiger partial charge is 0.384 e. The molecule has 0 spiro atoms. The van der Waals surface area contributed by atoms with Crippen molar-refractivity contribution in [3.63, 3.8) is 0 Å². The van der Waals surface area contributed by atoms with Gasteiger partial charge in [0.1, 0.15) is 0 Å². The predicted molar refractivity (Wildman–Crippen MR) is 70.9 cm³/mol. The van der Waals surface area contributed by atoms with Gasteiger partial charge in [-0.05, 0) is 25.7 Å². The monoisotopic (exact) mass is 286 g/mol. The average molecular weight is 287 g/mol. The molecule has 0 bridgehead atoms. The summed E-state index contributed by atoms with van der Waals surface area (Å²) in [5, 5.41) is 0. The fourth-order valence-corrected chi connectivity index (χ4v) is 3.43. The number of hydrogen-bond donors (Lipinski definition) is 1. The molecule has 1 rings (SSSR count). The summed E-state index contributed by atoms with van der Waals surface area (Å²) in [6.45, 7) is 3.37. The van der Waals surface area contributed by atoms with Crippen LogP contribution in [-0.2, 0) is 14.8 Å². The molecule has 0 aromatic heterocycles. The van der Waals surface area contributed by atoms with Crippen molar-refractivity contribution in [3.05, 3.63) is 0 Å². The van der Waals surface area contributed by atoms with Gasteiger partial charge in [0.15, 0.2) is 0 Å². The molecule has 1 heterocycles. The Labute approximate surface area is 110 Å². The summed E-state index contributed by atoms with van der Waals surface area (Å²) in [4.78, 5) is 0. The number of nitrogens with two attached hydrogens (primary N) is 1. The molecule has 0 radical (unpaired) electrons. The SMILES string of the molecule is COCCS(=O)(=O)N1CCCC(C(C)N)C1.Cl. The highest BCUT2D eigenvalue weighted by Crippen LogP contribution is 2.21. The first kappa shape index (κ1) is 17.1. The minimum absolute atomic E-state index is 0. The third-order valence-corrected chi connectivity index (χ3v) is 4.90. The van der Waals surface area contributed by atoms with E-state index in [9.17, 15) is 8.42 Å².